The molecule has 5 heteroatoms. The summed E-state index contributed by atoms with van der Waals surface area (Å²) < 4.78 is 27.4. The van der Waals surface area contributed by atoms with Gasteiger partial charge in [-0.1, -0.05) is 58.4 Å². The van der Waals surface area contributed by atoms with Gasteiger partial charge in [0.15, 0.2) is 0 Å². The quantitative estimate of drug-likeness (QED) is 0.909. The summed E-state index contributed by atoms with van der Waals surface area (Å²) in [5.74, 6) is -0.0146. The van der Waals surface area contributed by atoms with Crippen LogP contribution < -0.4 is 4.72 Å². The van der Waals surface area contributed by atoms with Gasteiger partial charge in [-0.25, -0.2) is 13.1 Å². The minimum atomic E-state index is -3.32. The highest BCUT2D eigenvalue weighted by molar-refractivity contribution is 9.10. The van der Waals surface area contributed by atoms with Crippen LogP contribution in [0.4, 0.5) is 0 Å². The van der Waals surface area contributed by atoms with Crippen molar-refractivity contribution >= 4 is 26.0 Å². The standard InChI is InChI=1S/C14H14BrNO2S/c15-14-8-4-7-13(9-14)11-19(17,18)16-10-12-5-2-1-3-6-12/h1-9,16H,10-11H2. The van der Waals surface area contributed by atoms with Crippen LogP contribution in [-0.2, 0) is 22.3 Å². The lowest BCUT2D eigenvalue weighted by Gasteiger charge is -2.07. The second kappa shape index (κ2) is 6.32. The van der Waals surface area contributed by atoms with Gasteiger partial charge in [-0.05, 0) is 23.3 Å². The molecule has 0 aliphatic heterocycles. The van der Waals surface area contributed by atoms with Crippen LogP contribution in [0.25, 0.3) is 0 Å². The maximum absolute atomic E-state index is 12.0. The summed E-state index contributed by atoms with van der Waals surface area (Å²) in [5, 5.41) is 0. The van der Waals surface area contributed by atoms with E-state index in [-0.39, 0.29) is 5.75 Å². The molecule has 2 rings (SSSR count). The Morgan fingerprint density at radius 1 is 0.947 bits per heavy atom. The van der Waals surface area contributed by atoms with Crippen LogP contribution in [0.2, 0.25) is 0 Å². The van der Waals surface area contributed by atoms with Gasteiger partial charge in [-0.2, -0.15) is 0 Å². The van der Waals surface area contributed by atoms with Crippen molar-refractivity contribution in [3.63, 3.8) is 0 Å². The summed E-state index contributed by atoms with van der Waals surface area (Å²) >= 11 is 3.33. The number of benzene rings is 2. The smallest absolute Gasteiger partial charge is 0.212 e. The molecule has 0 unspecified atom stereocenters. The Bertz CT molecular complexity index is 642. The lowest BCUT2D eigenvalue weighted by atomic mass is 10.2. The molecule has 0 bridgehead atoms. The normalized spacial score (nSPS) is 11.4. The third kappa shape index (κ3) is 4.78. The van der Waals surface area contributed by atoms with Crippen LogP contribution in [0.1, 0.15) is 11.1 Å². The fourth-order valence-corrected chi connectivity index (χ4v) is 3.24. The lowest BCUT2D eigenvalue weighted by molar-refractivity contribution is 0.580. The number of rotatable bonds is 5. The van der Waals surface area contributed by atoms with Gasteiger partial charge in [-0.3, -0.25) is 0 Å². The third-order valence-corrected chi connectivity index (χ3v) is 4.38. The number of halogens is 1. The van der Waals surface area contributed by atoms with Gasteiger partial charge < -0.3 is 0 Å². The highest BCUT2D eigenvalue weighted by Gasteiger charge is 2.11. The van der Waals surface area contributed by atoms with E-state index in [1.54, 1.807) is 6.07 Å². The second-order valence-corrected chi connectivity index (χ2v) is 6.92. The molecule has 1 N–H and O–H groups in total. The Kier molecular flexibility index (Phi) is 4.74. The number of hydrogen-bond acceptors (Lipinski definition) is 2. The Labute approximate surface area is 121 Å². The summed E-state index contributed by atoms with van der Waals surface area (Å²) in [6.07, 6.45) is 0. The molecule has 0 spiro atoms. The van der Waals surface area contributed by atoms with E-state index < -0.39 is 10.0 Å². The van der Waals surface area contributed by atoms with E-state index in [9.17, 15) is 8.42 Å². The minimum Gasteiger partial charge on any atom is -0.212 e. The molecule has 0 radical (unpaired) electrons. The van der Waals surface area contributed by atoms with Crippen LogP contribution in [0, 0.1) is 0 Å². The zero-order valence-electron chi connectivity index (χ0n) is 10.2. The summed E-state index contributed by atoms with van der Waals surface area (Å²) in [7, 11) is -3.32. The van der Waals surface area contributed by atoms with Crippen molar-refractivity contribution in [2.75, 3.05) is 0 Å². The monoisotopic (exact) mass is 339 g/mol. The van der Waals surface area contributed by atoms with Crippen molar-refractivity contribution in [1.82, 2.24) is 4.72 Å². The SMILES string of the molecule is O=S(=O)(Cc1cccc(Br)c1)NCc1ccccc1. The summed E-state index contributed by atoms with van der Waals surface area (Å²) in [6, 6.07) is 16.8. The van der Waals surface area contributed by atoms with Gasteiger partial charge in [-0.15, -0.1) is 0 Å². The summed E-state index contributed by atoms with van der Waals surface area (Å²) in [5.41, 5.74) is 1.70. The largest absolute Gasteiger partial charge is 0.216 e. The molecule has 19 heavy (non-hydrogen) atoms. The highest BCUT2D eigenvalue weighted by atomic mass is 79.9. The Hall–Kier alpha value is -1.17. The first kappa shape index (κ1) is 14.2. The molecule has 0 atom stereocenters. The van der Waals surface area contributed by atoms with Gasteiger partial charge >= 0.3 is 0 Å². The van der Waals surface area contributed by atoms with Crippen molar-refractivity contribution in [2.24, 2.45) is 0 Å². The van der Waals surface area contributed by atoms with E-state index >= 15 is 0 Å². The molecule has 3 nitrogen and oxygen atoms in total. The fourth-order valence-electron chi connectivity index (χ4n) is 1.69. The number of hydrogen-bond donors (Lipinski definition) is 1. The molecule has 0 heterocycles. The van der Waals surface area contributed by atoms with Crippen molar-refractivity contribution in [2.45, 2.75) is 12.3 Å². The van der Waals surface area contributed by atoms with E-state index in [4.69, 9.17) is 0 Å². The molecular formula is C14H14BrNO2S. The second-order valence-electron chi connectivity index (χ2n) is 4.20. The third-order valence-electron chi connectivity index (χ3n) is 2.58. The van der Waals surface area contributed by atoms with Crippen LogP contribution in [0.15, 0.2) is 59.1 Å². The molecule has 0 saturated carbocycles. The highest BCUT2D eigenvalue weighted by Crippen LogP contribution is 2.13. The van der Waals surface area contributed by atoms with Crippen LogP contribution in [0.3, 0.4) is 0 Å². The van der Waals surface area contributed by atoms with Gasteiger partial charge in [0, 0.05) is 11.0 Å². The predicted molar refractivity (Wildman–Crippen MR) is 80.0 cm³/mol. The Morgan fingerprint density at radius 2 is 1.63 bits per heavy atom. The Balaban J connectivity index is 1.99. The Morgan fingerprint density at radius 3 is 2.32 bits per heavy atom. The van der Waals surface area contributed by atoms with E-state index in [1.165, 1.54) is 0 Å². The van der Waals surface area contributed by atoms with Crippen LogP contribution in [-0.4, -0.2) is 8.42 Å². The fraction of sp³-hybridized carbons (Fsp3) is 0.143. The molecule has 0 aliphatic rings. The van der Waals surface area contributed by atoms with Gasteiger partial charge in [0.05, 0.1) is 5.75 Å². The zero-order valence-corrected chi connectivity index (χ0v) is 12.6. The molecule has 0 fully saturated rings. The van der Waals surface area contributed by atoms with Gasteiger partial charge in [0.1, 0.15) is 0 Å². The van der Waals surface area contributed by atoms with E-state index in [0.29, 0.717) is 6.54 Å². The molecule has 2 aromatic rings. The zero-order chi connectivity index (χ0) is 13.7. The molecule has 2 aromatic carbocycles. The first-order chi connectivity index (χ1) is 9.05. The van der Waals surface area contributed by atoms with Crippen molar-refractivity contribution in [1.29, 1.82) is 0 Å². The average Bonchev–Trinajstić information content (AvgIpc) is 2.37. The summed E-state index contributed by atoms with van der Waals surface area (Å²) in [6.45, 7) is 0.317. The van der Waals surface area contributed by atoms with Crippen molar-refractivity contribution in [3.05, 3.63) is 70.2 Å². The molecule has 0 amide bonds. The van der Waals surface area contributed by atoms with Gasteiger partial charge in [0.25, 0.3) is 0 Å². The number of sulfonamides is 1. The lowest BCUT2D eigenvalue weighted by Crippen LogP contribution is -2.24. The maximum Gasteiger partial charge on any atom is 0.216 e. The van der Waals surface area contributed by atoms with Crippen LogP contribution in [0.5, 0.6) is 0 Å². The average molecular weight is 340 g/mol. The summed E-state index contributed by atoms with van der Waals surface area (Å²) in [4.78, 5) is 0. The van der Waals surface area contributed by atoms with E-state index in [1.807, 2.05) is 48.5 Å². The van der Waals surface area contributed by atoms with E-state index in [2.05, 4.69) is 20.7 Å². The van der Waals surface area contributed by atoms with Crippen molar-refractivity contribution in [3.8, 4) is 0 Å². The first-order valence-corrected chi connectivity index (χ1v) is 8.25. The first-order valence-electron chi connectivity index (χ1n) is 5.81. The van der Waals surface area contributed by atoms with Gasteiger partial charge in [0.2, 0.25) is 10.0 Å². The minimum absolute atomic E-state index is 0.0146. The van der Waals surface area contributed by atoms with Crippen LogP contribution >= 0.6 is 15.9 Å². The van der Waals surface area contributed by atoms with E-state index in [0.717, 1.165) is 15.6 Å². The molecular weight excluding hydrogens is 326 g/mol. The van der Waals surface area contributed by atoms with Crippen molar-refractivity contribution < 1.29 is 8.42 Å². The molecule has 100 valence electrons. The number of nitrogens with one attached hydrogen (secondary N) is 1. The molecule has 0 saturated heterocycles. The molecule has 0 aromatic heterocycles. The molecule has 0 aliphatic carbocycles. The topological polar surface area (TPSA) is 46.2 Å². The predicted octanol–water partition coefficient (Wildman–Crippen LogP) is 3.07. The maximum atomic E-state index is 12.0.